The van der Waals surface area contributed by atoms with E-state index >= 15 is 0 Å². The Balaban J connectivity index is 2.42. The van der Waals surface area contributed by atoms with Crippen LogP contribution >= 0.6 is 0 Å². The summed E-state index contributed by atoms with van der Waals surface area (Å²) < 4.78 is 13.2. The first-order valence-electron chi connectivity index (χ1n) is 5.67. The van der Waals surface area contributed by atoms with E-state index in [1.165, 1.54) is 12.1 Å². The predicted octanol–water partition coefficient (Wildman–Crippen LogP) is 3.93. The zero-order valence-electron chi connectivity index (χ0n) is 10.3. The molecular weight excluding hydrogens is 217 g/mol. The van der Waals surface area contributed by atoms with Gasteiger partial charge in [0.05, 0.1) is 0 Å². The van der Waals surface area contributed by atoms with Crippen LogP contribution in [0.4, 0.5) is 4.39 Å². The fourth-order valence-electron chi connectivity index (χ4n) is 1.90. The Hall–Kier alpha value is -1.64. The summed E-state index contributed by atoms with van der Waals surface area (Å²) in [5.41, 5.74) is 1.31. The molecule has 0 spiro atoms. The molecule has 0 radical (unpaired) electrons. The third kappa shape index (κ3) is 2.54. The fraction of sp³-hybridized carbons (Fsp3) is 0.357. The number of carbonyl (C=O) groups excluding carboxylic acids is 1. The Morgan fingerprint density at radius 3 is 2.71 bits per heavy atom. The summed E-state index contributed by atoms with van der Waals surface area (Å²) in [6.45, 7) is 6.04. The van der Waals surface area contributed by atoms with Crippen molar-refractivity contribution in [3.05, 3.63) is 35.8 Å². The first-order valence-corrected chi connectivity index (χ1v) is 5.67. The van der Waals surface area contributed by atoms with Crippen molar-refractivity contribution in [3.63, 3.8) is 0 Å². The maximum Gasteiger partial charge on any atom is 0.165 e. The molecule has 3 heteroatoms. The Kier molecular flexibility index (Phi) is 2.77. The predicted molar refractivity (Wildman–Crippen MR) is 66.7 cm³/mol. The van der Waals surface area contributed by atoms with Crippen molar-refractivity contribution in [2.45, 2.75) is 27.2 Å². The Bertz CT molecular complexity index is 563. The largest absolute Gasteiger partial charge is 0.360 e. The van der Waals surface area contributed by atoms with Gasteiger partial charge in [0.2, 0.25) is 0 Å². The van der Waals surface area contributed by atoms with Crippen molar-refractivity contribution in [2.24, 2.45) is 5.41 Å². The molecule has 2 nitrogen and oxygen atoms in total. The van der Waals surface area contributed by atoms with E-state index in [0.29, 0.717) is 17.4 Å². The Morgan fingerprint density at radius 1 is 1.35 bits per heavy atom. The number of nitrogens with one attached hydrogen (secondary N) is 1. The van der Waals surface area contributed by atoms with Gasteiger partial charge < -0.3 is 4.98 Å². The van der Waals surface area contributed by atoms with Crippen LogP contribution in [0.2, 0.25) is 0 Å². The van der Waals surface area contributed by atoms with E-state index < -0.39 is 0 Å². The van der Waals surface area contributed by atoms with Gasteiger partial charge in [-0.1, -0.05) is 20.8 Å². The van der Waals surface area contributed by atoms with Gasteiger partial charge in [0, 0.05) is 29.1 Å². The molecule has 0 saturated heterocycles. The number of carbonyl (C=O) groups is 1. The molecule has 0 fully saturated rings. The fourth-order valence-corrected chi connectivity index (χ4v) is 1.90. The molecule has 0 saturated carbocycles. The molecule has 0 aliphatic carbocycles. The van der Waals surface area contributed by atoms with E-state index in [4.69, 9.17) is 0 Å². The van der Waals surface area contributed by atoms with E-state index in [-0.39, 0.29) is 17.0 Å². The maximum atomic E-state index is 13.2. The third-order valence-corrected chi connectivity index (χ3v) is 2.64. The molecule has 1 aromatic heterocycles. The molecular formula is C14H16FNO. The van der Waals surface area contributed by atoms with Crippen LogP contribution < -0.4 is 0 Å². The van der Waals surface area contributed by atoms with Gasteiger partial charge in [-0.3, -0.25) is 4.79 Å². The first kappa shape index (κ1) is 11.8. The monoisotopic (exact) mass is 233 g/mol. The minimum absolute atomic E-state index is 0.0503. The highest BCUT2D eigenvalue weighted by Gasteiger charge is 2.19. The number of halogens is 1. The lowest BCUT2D eigenvalue weighted by molar-refractivity contribution is 0.0941. The SMILES string of the molecule is CC(C)(C)CC(=O)c1c[nH]c2ccc(F)cc12. The van der Waals surface area contributed by atoms with Crippen molar-refractivity contribution in [1.82, 2.24) is 4.98 Å². The summed E-state index contributed by atoms with van der Waals surface area (Å²) in [4.78, 5) is 15.1. The van der Waals surface area contributed by atoms with Crippen molar-refractivity contribution in [3.8, 4) is 0 Å². The van der Waals surface area contributed by atoms with Gasteiger partial charge in [0.15, 0.2) is 5.78 Å². The summed E-state index contributed by atoms with van der Waals surface area (Å²) in [7, 11) is 0. The number of aromatic amines is 1. The van der Waals surface area contributed by atoms with Gasteiger partial charge in [0.1, 0.15) is 5.82 Å². The molecule has 0 aliphatic rings. The first-order chi connectivity index (χ1) is 7.87. The van der Waals surface area contributed by atoms with Gasteiger partial charge in [-0.15, -0.1) is 0 Å². The van der Waals surface area contributed by atoms with E-state index in [9.17, 15) is 9.18 Å². The number of hydrogen-bond donors (Lipinski definition) is 1. The summed E-state index contributed by atoms with van der Waals surface area (Å²) >= 11 is 0. The van der Waals surface area contributed by atoms with Crippen LogP contribution in [0.5, 0.6) is 0 Å². The second kappa shape index (κ2) is 3.99. The normalized spacial score (nSPS) is 12.0. The third-order valence-electron chi connectivity index (χ3n) is 2.64. The lowest BCUT2D eigenvalue weighted by Gasteiger charge is -2.16. The summed E-state index contributed by atoms with van der Waals surface area (Å²) in [5, 5.41) is 0.666. The number of rotatable bonds is 2. The minimum atomic E-state index is -0.318. The zero-order chi connectivity index (χ0) is 12.6. The summed E-state index contributed by atoms with van der Waals surface area (Å²) in [6, 6.07) is 4.44. The highest BCUT2D eigenvalue weighted by atomic mass is 19.1. The lowest BCUT2D eigenvalue weighted by Crippen LogP contribution is -2.12. The number of hydrogen-bond acceptors (Lipinski definition) is 1. The van der Waals surface area contributed by atoms with Crippen molar-refractivity contribution in [2.75, 3.05) is 0 Å². The summed E-state index contributed by atoms with van der Waals surface area (Å²) in [6.07, 6.45) is 2.12. The number of H-pyrrole nitrogens is 1. The number of Topliss-reactive ketones (excluding diaryl/α,β-unsaturated/α-hetero) is 1. The van der Waals surface area contributed by atoms with E-state index in [1.54, 1.807) is 12.3 Å². The minimum Gasteiger partial charge on any atom is -0.360 e. The van der Waals surface area contributed by atoms with Crippen LogP contribution in [-0.4, -0.2) is 10.8 Å². The maximum absolute atomic E-state index is 13.2. The topological polar surface area (TPSA) is 32.9 Å². The zero-order valence-corrected chi connectivity index (χ0v) is 10.3. The van der Waals surface area contributed by atoms with Crippen LogP contribution in [0, 0.1) is 11.2 Å². The molecule has 17 heavy (non-hydrogen) atoms. The van der Waals surface area contributed by atoms with Crippen molar-refractivity contribution < 1.29 is 9.18 Å². The van der Waals surface area contributed by atoms with Crippen LogP contribution in [0.15, 0.2) is 24.4 Å². The average molecular weight is 233 g/mol. The van der Waals surface area contributed by atoms with E-state index in [2.05, 4.69) is 4.98 Å². The molecule has 0 atom stereocenters. The van der Waals surface area contributed by atoms with Gasteiger partial charge in [-0.2, -0.15) is 0 Å². The number of fused-ring (bicyclic) bond motifs is 1. The van der Waals surface area contributed by atoms with Crippen molar-refractivity contribution in [1.29, 1.82) is 0 Å². The molecule has 0 bridgehead atoms. The highest BCUT2D eigenvalue weighted by Crippen LogP contribution is 2.26. The molecule has 0 amide bonds. The summed E-state index contributed by atoms with van der Waals surface area (Å²) in [5.74, 6) is -0.267. The number of aromatic nitrogens is 1. The second-order valence-electron chi connectivity index (χ2n) is 5.55. The quantitative estimate of drug-likeness (QED) is 0.783. The van der Waals surface area contributed by atoms with E-state index in [1.807, 2.05) is 20.8 Å². The van der Waals surface area contributed by atoms with E-state index in [0.717, 1.165) is 5.52 Å². The van der Waals surface area contributed by atoms with Crippen molar-refractivity contribution >= 4 is 16.7 Å². The van der Waals surface area contributed by atoms with Gasteiger partial charge in [-0.25, -0.2) is 4.39 Å². The lowest BCUT2D eigenvalue weighted by atomic mass is 9.88. The van der Waals surface area contributed by atoms with Gasteiger partial charge in [0.25, 0.3) is 0 Å². The Labute approximate surface area is 99.8 Å². The molecule has 1 N–H and O–H groups in total. The molecule has 2 aromatic rings. The highest BCUT2D eigenvalue weighted by molar-refractivity contribution is 6.08. The van der Waals surface area contributed by atoms with Crippen LogP contribution in [0.25, 0.3) is 10.9 Å². The molecule has 0 unspecified atom stereocenters. The molecule has 1 heterocycles. The van der Waals surface area contributed by atoms with Crippen LogP contribution in [0.3, 0.4) is 0 Å². The Morgan fingerprint density at radius 2 is 2.06 bits per heavy atom. The van der Waals surface area contributed by atoms with Crippen LogP contribution in [-0.2, 0) is 0 Å². The standard InChI is InChI=1S/C14H16FNO/c1-14(2,3)7-13(17)11-8-16-12-5-4-9(15)6-10(11)12/h4-6,8,16H,7H2,1-3H3. The smallest absolute Gasteiger partial charge is 0.165 e. The molecule has 0 aliphatic heterocycles. The number of ketones is 1. The van der Waals surface area contributed by atoms with Crippen LogP contribution in [0.1, 0.15) is 37.6 Å². The van der Waals surface area contributed by atoms with Gasteiger partial charge in [-0.05, 0) is 23.6 Å². The molecule has 1 aromatic carbocycles. The molecule has 2 rings (SSSR count). The molecule has 90 valence electrons. The second-order valence-corrected chi connectivity index (χ2v) is 5.55. The van der Waals surface area contributed by atoms with Gasteiger partial charge >= 0.3 is 0 Å². The number of benzene rings is 1. The average Bonchev–Trinajstić information content (AvgIpc) is 2.57.